The van der Waals surface area contributed by atoms with Crippen LogP contribution in [-0.4, -0.2) is 11.8 Å². The van der Waals surface area contributed by atoms with E-state index >= 15 is 0 Å². The molecule has 0 atom stereocenters. The van der Waals surface area contributed by atoms with E-state index in [9.17, 15) is 14.5 Å². The minimum atomic E-state index is -0.502. The van der Waals surface area contributed by atoms with Gasteiger partial charge in [-0.05, 0) is 72.6 Å². The first-order valence-corrected chi connectivity index (χ1v) is 8.94. The first-order chi connectivity index (χ1) is 14.0. The second-order valence-electron chi connectivity index (χ2n) is 6.75. The number of hydrogen-bond donors (Lipinski definition) is 1. The molecule has 2 heterocycles. The molecule has 2 aromatic carbocycles. The molecule has 1 aliphatic rings. The van der Waals surface area contributed by atoms with Crippen molar-refractivity contribution in [3.05, 3.63) is 82.0 Å². The van der Waals surface area contributed by atoms with Crippen molar-refractivity contribution in [2.24, 2.45) is 5.18 Å². The number of carbonyl (C=O) groups is 2. The molecule has 4 rings (SSSR count). The average molecular weight is 387 g/mol. The Labute approximate surface area is 166 Å². The monoisotopic (exact) mass is 387 g/mol. The third-order valence-corrected chi connectivity index (χ3v) is 4.79. The van der Waals surface area contributed by atoms with E-state index in [1.807, 2.05) is 26.0 Å². The number of aryl methyl sites for hydroxylation is 2. The molecule has 7 nitrogen and oxygen atoms in total. The maximum atomic E-state index is 12.8. The van der Waals surface area contributed by atoms with Crippen molar-refractivity contribution in [3.8, 4) is 11.3 Å². The zero-order valence-electron chi connectivity index (χ0n) is 15.8. The van der Waals surface area contributed by atoms with Gasteiger partial charge in [0.15, 0.2) is 0 Å². The SMILES string of the molecule is Cc1ccc(N2NC(=O)/C(=C/c3ccc(-c4cccc(N=O)c4)o3)C2=O)cc1C. The van der Waals surface area contributed by atoms with Gasteiger partial charge in [-0.2, -0.15) is 0 Å². The lowest BCUT2D eigenvalue weighted by Gasteiger charge is -2.15. The van der Waals surface area contributed by atoms with Gasteiger partial charge in [0.05, 0.1) is 5.69 Å². The smallest absolute Gasteiger partial charge is 0.282 e. The number of amides is 2. The molecule has 1 saturated heterocycles. The van der Waals surface area contributed by atoms with Crippen LogP contribution in [0, 0.1) is 18.8 Å². The van der Waals surface area contributed by atoms with Gasteiger partial charge in [-0.15, -0.1) is 4.91 Å². The van der Waals surface area contributed by atoms with Crippen LogP contribution in [-0.2, 0) is 9.59 Å². The van der Waals surface area contributed by atoms with E-state index in [-0.39, 0.29) is 11.3 Å². The Bertz CT molecular complexity index is 1180. The summed E-state index contributed by atoms with van der Waals surface area (Å²) in [7, 11) is 0. The van der Waals surface area contributed by atoms with Crippen molar-refractivity contribution in [1.29, 1.82) is 0 Å². The van der Waals surface area contributed by atoms with Crippen LogP contribution >= 0.6 is 0 Å². The van der Waals surface area contributed by atoms with E-state index in [4.69, 9.17) is 4.42 Å². The van der Waals surface area contributed by atoms with E-state index in [0.717, 1.165) is 11.1 Å². The van der Waals surface area contributed by atoms with Crippen molar-refractivity contribution in [2.75, 3.05) is 5.01 Å². The maximum absolute atomic E-state index is 12.8. The second-order valence-corrected chi connectivity index (χ2v) is 6.75. The molecule has 0 saturated carbocycles. The van der Waals surface area contributed by atoms with Crippen molar-refractivity contribution in [1.82, 2.24) is 5.43 Å². The fourth-order valence-corrected chi connectivity index (χ4v) is 3.05. The van der Waals surface area contributed by atoms with Gasteiger partial charge in [-0.3, -0.25) is 15.0 Å². The van der Waals surface area contributed by atoms with Gasteiger partial charge in [-0.25, -0.2) is 5.01 Å². The molecule has 1 aromatic heterocycles. The van der Waals surface area contributed by atoms with Crippen molar-refractivity contribution in [2.45, 2.75) is 13.8 Å². The summed E-state index contributed by atoms with van der Waals surface area (Å²) in [6.45, 7) is 3.92. The topological polar surface area (TPSA) is 92.0 Å². The fourth-order valence-electron chi connectivity index (χ4n) is 3.05. The molecular weight excluding hydrogens is 370 g/mol. The summed E-state index contributed by atoms with van der Waals surface area (Å²) < 4.78 is 5.73. The van der Waals surface area contributed by atoms with Crippen LogP contribution in [0.2, 0.25) is 0 Å². The van der Waals surface area contributed by atoms with Crippen molar-refractivity contribution in [3.63, 3.8) is 0 Å². The summed E-state index contributed by atoms with van der Waals surface area (Å²) in [5.74, 6) is -0.106. The Hall–Kier alpha value is -4.00. The summed E-state index contributed by atoms with van der Waals surface area (Å²) in [5, 5.41) is 4.13. The second kappa shape index (κ2) is 7.20. The number of nitrogens with zero attached hydrogens (tertiary/aromatic N) is 2. The van der Waals surface area contributed by atoms with Crippen molar-refractivity contribution < 1.29 is 14.0 Å². The van der Waals surface area contributed by atoms with Crippen LogP contribution in [0.25, 0.3) is 17.4 Å². The van der Waals surface area contributed by atoms with Gasteiger partial charge in [0, 0.05) is 5.56 Å². The van der Waals surface area contributed by atoms with Crippen LogP contribution in [0.1, 0.15) is 16.9 Å². The molecule has 1 aliphatic heterocycles. The van der Waals surface area contributed by atoms with Gasteiger partial charge in [-0.1, -0.05) is 18.2 Å². The molecule has 1 N–H and O–H groups in total. The third-order valence-electron chi connectivity index (χ3n) is 4.79. The molecule has 144 valence electrons. The first-order valence-electron chi connectivity index (χ1n) is 8.94. The van der Waals surface area contributed by atoms with E-state index in [0.29, 0.717) is 22.8 Å². The van der Waals surface area contributed by atoms with Crippen LogP contribution in [0.3, 0.4) is 0 Å². The standard InChI is InChI=1S/C22H17N3O4/c1-13-6-7-17(10-14(13)2)25-22(27)19(21(26)23-25)12-18-8-9-20(29-18)15-4-3-5-16(11-15)24-28/h3-12H,1-2H3,(H,23,26)/b19-12-. The zero-order valence-corrected chi connectivity index (χ0v) is 15.8. The predicted molar refractivity (Wildman–Crippen MR) is 109 cm³/mol. The lowest BCUT2D eigenvalue weighted by atomic mass is 10.1. The summed E-state index contributed by atoms with van der Waals surface area (Å²) in [6.07, 6.45) is 1.41. The largest absolute Gasteiger partial charge is 0.457 e. The van der Waals surface area contributed by atoms with Crippen LogP contribution in [0.15, 0.2) is 69.8 Å². The number of benzene rings is 2. The third kappa shape index (κ3) is 3.45. The maximum Gasteiger partial charge on any atom is 0.282 e. The number of hydrogen-bond acceptors (Lipinski definition) is 5. The Balaban J connectivity index is 1.62. The summed E-state index contributed by atoms with van der Waals surface area (Å²) in [6, 6.07) is 15.5. The molecule has 0 unspecified atom stereocenters. The molecule has 0 radical (unpaired) electrons. The number of hydrazine groups is 1. The molecule has 1 fully saturated rings. The highest BCUT2D eigenvalue weighted by molar-refractivity contribution is 6.31. The van der Waals surface area contributed by atoms with Crippen LogP contribution < -0.4 is 10.4 Å². The predicted octanol–water partition coefficient (Wildman–Crippen LogP) is 4.42. The Morgan fingerprint density at radius 1 is 1.00 bits per heavy atom. The molecule has 0 aliphatic carbocycles. The zero-order chi connectivity index (χ0) is 20.5. The van der Waals surface area contributed by atoms with Gasteiger partial charge >= 0.3 is 0 Å². The minimum Gasteiger partial charge on any atom is -0.457 e. The van der Waals surface area contributed by atoms with Gasteiger partial charge in [0.1, 0.15) is 22.8 Å². The quantitative estimate of drug-likeness (QED) is 0.407. The molecule has 7 heteroatoms. The summed E-state index contributed by atoms with van der Waals surface area (Å²) in [4.78, 5) is 35.8. The normalized spacial score (nSPS) is 15.1. The van der Waals surface area contributed by atoms with Crippen molar-refractivity contribution >= 4 is 29.3 Å². The van der Waals surface area contributed by atoms with Gasteiger partial charge < -0.3 is 4.42 Å². The molecule has 0 spiro atoms. The minimum absolute atomic E-state index is 0.0209. The number of rotatable bonds is 4. The summed E-state index contributed by atoms with van der Waals surface area (Å²) in [5.41, 5.74) is 6.22. The Kier molecular flexibility index (Phi) is 4.56. The first kappa shape index (κ1) is 18.4. The molecule has 2 amide bonds. The van der Waals surface area contributed by atoms with Crippen LogP contribution in [0.4, 0.5) is 11.4 Å². The summed E-state index contributed by atoms with van der Waals surface area (Å²) >= 11 is 0. The number of nitrogens with one attached hydrogen (secondary N) is 1. The molecule has 0 bridgehead atoms. The Morgan fingerprint density at radius 3 is 2.59 bits per heavy atom. The van der Waals surface area contributed by atoms with E-state index in [1.54, 1.807) is 42.5 Å². The highest BCUT2D eigenvalue weighted by Crippen LogP contribution is 2.28. The van der Waals surface area contributed by atoms with Gasteiger partial charge in [0.2, 0.25) is 0 Å². The number of carbonyl (C=O) groups excluding carboxylic acids is 2. The molecule has 3 aromatic rings. The van der Waals surface area contributed by atoms with E-state index < -0.39 is 11.8 Å². The van der Waals surface area contributed by atoms with Gasteiger partial charge in [0.25, 0.3) is 11.8 Å². The fraction of sp³-hybridized carbons (Fsp3) is 0.0909. The highest BCUT2D eigenvalue weighted by Gasteiger charge is 2.34. The number of anilines is 1. The Morgan fingerprint density at radius 2 is 1.83 bits per heavy atom. The number of furan rings is 1. The lowest BCUT2D eigenvalue weighted by Crippen LogP contribution is -2.35. The van der Waals surface area contributed by atoms with E-state index in [1.165, 1.54) is 11.1 Å². The average Bonchev–Trinajstić information content (AvgIpc) is 3.30. The number of nitroso groups, excluding NO2 is 1. The molecular formula is C22H17N3O4. The van der Waals surface area contributed by atoms with E-state index in [2.05, 4.69) is 10.6 Å². The molecule has 29 heavy (non-hydrogen) atoms. The highest BCUT2D eigenvalue weighted by atomic mass is 16.3. The van der Waals surface area contributed by atoms with Crippen LogP contribution in [0.5, 0.6) is 0 Å². The lowest BCUT2D eigenvalue weighted by molar-refractivity contribution is -0.117.